The van der Waals surface area contributed by atoms with Gasteiger partial charge < -0.3 is 8.98 Å². The molecule has 0 saturated heterocycles. The number of furan rings is 1. The second-order valence-corrected chi connectivity index (χ2v) is 12.5. The topological polar surface area (TPSA) is 56.7 Å². The van der Waals surface area contributed by atoms with E-state index in [1.165, 1.54) is 16.3 Å². The Morgan fingerprint density at radius 1 is 0.340 bits per heavy atom. The van der Waals surface area contributed by atoms with E-state index in [0.29, 0.717) is 17.5 Å². The van der Waals surface area contributed by atoms with Crippen molar-refractivity contribution in [1.82, 2.24) is 19.5 Å². The van der Waals surface area contributed by atoms with E-state index in [4.69, 9.17) is 19.4 Å². The van der Waals surface area contributed by atoms with Crippen LogP contribution in [0.4, 0.5) is 0 Å². The zero-order chi connectivity index (χ0) is 33.0. The van der Waals surface area contributed by atoms with Gasteiger partial charge in [0.1, 0.15) is 11.2 Å². The molecule has 7 aromatic carbocycles. The van der Waals surface area contributed by atoms with Crippen molar-refractivity contribution in [3.8, 4) is 51.0 Å². The number of nitrogens with zero attached hydrogens (tertiary/aromatic N) is 4. The predicted octanol–water partition coefficient (Wildman–Crippen LogP) is 11.5. The zero-order valence-electron chi connectivity index (χ0n) is 26.9. The van der Waals surface area contributed by atoms with Crippen LogP contribution in [0, 0.1) is 0 Å². The van der Waals surface area contributed by atoms with Gasteiger partial charge in [-0.25, -0.2) is 15.0 Å². The number of hydrogen-bond acceptors (Lipinski definition) is 4. The molecule has 5 nitrogen and oxygen atoms in total. The first-order valence-corrected chi connectivity index (χ1v) is 16.7. The Bertz CT molecular complexity index is 2800. The molecule has 5 heteroatoms. The summed E-state index contributed by atoms with van der Waals surface area (Å²) in [4.78, 5) is 14.7. The molecule has 0 N–H and O–H groups in total. The molecule has 0 atom stereocenters. The van der Waals surface area contributed by atoms with E-state index in [9.17, 15) is 0 Å². The summed E-state index contributed by atoms with van der Waals surface area (Å²) in [6.07, 6.45) is 0. The van der Waals surface area contributed by atoms with Crippen LogP contribution < -0.4 is 0 Å². The Morgan fingerprint density at radius 2 is 0.820 bits per heavy atom. The average Bonchev–Trinajstić information content (AvgIpc) is 3.73. The highest BCUT2D eigenvalue weighted by Crippen LogP contribution is 2.37. The Labute approximate surface area is 287 Å². The van der Waals surface area contributed by atoms with Crippen LogP contribution in [-0.2, 0) is 0 Å². The van der Waals surface area contributed by atoms with E-state index < -0.39 is 0 Å². The van der Waals surface area contributed by atoms with Gasteiger partial charge in [-0.05, 0) is 71.8 Å². The molecule has 0 aliphatic rings. The summed E-state index contributed by atoms with van der Waals surface area (Å²) in [5.41, 5.74) is 10.3. The van der Waals surface area contributed by atoms with E-state index >= 15 is 0 Å². The Balaban J connectivity index is 1.07. The molecule has 0 radical (unpaired) electrons. The molecule has 0 bridgehead atoms. The number of hydrogen-bond donors (Lipinski definition) is 0. The van der Waals surface area contributed by atoms with Crippen molar-refractivity contribution in [3.05, 3.63) is 170 Å². The van der Waals surface area contributed by atoms with Crippen LogP contribution >= 0.6 is 0 Å². The van der Waals surface area contributed by atoms with Gasteiger partial charge in [-0.1, -0.05) is 109 Å². The van der Waals surface area contributed by atoms with Gasteiger partial charge in [-0.15, -0.1) is 0 Å². The van der Waals surface area contributed by atoms with Crippen LogP contribution in [0.2, 0.25) is 0 Å². The molecule has 50 heavy (non-hydrogen) atoms. The third-order valence-corrected chi connectivity index (χ3v) is 9.47. The van der Waals surface area contributed by atoms with Crippen molar-refractivity contribution < 1.29 is 4.42 Å². The fraction of sp³-hybridized carbons (Fsp3) is 0. The Kier molecular flexibility index (Phi) is 6.42. The number of aromatic nitrogens is 4. The maximum Gasteiger partial charge on any atom is 0.164 e. The van der Waals surface area contributed by atoms with Crippen LogP contribution in [0.3, 0.4) is 0 Å². The molecule has 234 valence electrons. The van der Waals surface area contributed by atoms with Crippen molar-refractivity contribution in [2.75, 3.05) is 0 Å². The van der Waals surface area contributed by atoms with Gasteiger partial charge in [0.15, 0.2) is 17.5 Å². The maximum absolute atomic E-state index is 6.10. The van der Waals surface area contributed by atoms with Gasteiger partial charge in [0.05, 0.1) is 11.0 Å². The minimum absolute atomic E-state index is 0.637. The van der Waals surface area contributed by atoms with Crippen molar-refractivity contribution in [2.45, 2.75) is 0 Å². The van der Waals surface area contributed by atoms with Gasteiger partial charge in [0.25, 0.3) is 0 Å². The van der Waals surface area contributed by atoms with E-state index in [1.54, 1.807) is 0 Å². The summed E-state index contributed by atoms with van der Waals surface area (Å²) in [6, 6.07) is 58.7. The SMILES string of the molecule is c1ccc(-c2nc(-c3ccccc3)nc(-c3ccc(-n4c5ccccc5c5cc(-c6ccc7oc8ccccc8c7c6)ccc54)cc3)n2)cc1. The molecule has 0 saturated carbocycles. The van der Waals surface area contributed by atoms with Gasteiger partial charge in [-0.2, -0.15) is 0 Å². The lowest BCUT2D eigenvalue weighted by Crippen LogP contribution is -2.00. The van der Waals surface area contributed by atoms with Gasteiger partial charge in [0, 0.05) is 43.9 Å². The summed E-state index contributed by atoms with van der Waals surface area (Å²) in [5, 5.41) is 4.68. The second kappa shape index (κ2) is 11.4. The summed E-state index contributed by atoms with van der Waals surface area (Å²) in [6.45, 7) is 0. The number of para-hydroxylation sites is 2. The molecule has 0 spiro atoms. The molecule has 10 aromatic rings. The lowest BCUT2D eigenvalue weighted by molar-refractivity contribution is 0.669. The fourth-order valence-electron chi connectivity index (χ4n) is 7.03. The Hall–Kier alpha value is -6.85. The van der Waals surface area contributed by atoms with E-state index in [2.05, 4.69) is 102 Å². The minimum atomic E-state index is 0.637. The molecule has 10 rings (SSSR count). The molecule has 3 aromatic heterocycles. The van der Waals surface area contributed by atoms with Gasteiger partial charge in [0.2, 0.25) is 0 Å². The Morgan fingerprint density at radius 3 is 1.50 bits per heavy atom. The number of rotatable bonds is 5. The van der Waals surface area contributed by atoms with Crippen LogP contribution in [0.25, 0.3) is 94.7 Å². The highest BCUT2D eigenvalue weighted by atomic mass is 16.3. The van der Waals surface area contributed by atoms with Gasteiger partial charge >= 0.3 is 0 Å². The molecular weight excluding hydrogens is 613 g/mol. The fourth-order valence-corrected chi connectivity index (χ4v) is 7.03. The van der Waals surface area contributed by atoms with Crippen LogP contribution in [-0.4, -0.2) is 19.5 Å². The first-order chi connectivity index (χ1) is 24.8. The third kappa shape index (κ3) is 4.67. The van der Waals surface area contributed by atoms with E-state index in [0.717, 1.165) is 60.9 Å². The monoisotopic (exact) mass is 640 g/mol. The summed E-state index contributed by atoms with van der Waals surface area (Å²) < 4.78 is 8.43. The highest BCUT2D eigenvalue weighted by molar-refractivity contribution is 6.11. The first-order valence-electron chi connectivity index (χ1n) is 16.7. The van der Waals surface area contributed by atoms with Crippen LogP contribution in [0.1, 0.15) is 0 Å². The normalized spacial score (nSPS) is 11.6. The predicted molar refractivity (Wildman–Crippen MR) is 203 cm³/mol. The zero-order valence-corrected chi connectivity index (χ0v) is 26.9. The molecule has 0 fully saturated rings. The average molecular weight is 641 g/mol. The lowest BCUT2D eigenvalue weighted by Gasteiger charge is -2.11. The summed E-state index contributed by atoms with van der Waals surface area (Å²) in [5.74, 6) is 1.94. The molecule has 0 amide bonds. The van der Waals surface area contributed by atoms with Gasteiger partial charge in [-0.3, -0.25) is 0 Å². The third-order valence-electron chi connectivity index (χ3n) is 9.47. The largest absolute Gasteiger partial charge is 0.456 e. The minimum Gasteiger partial charge on any atom is -0.456 e. The first kappa shape index (κ1) is 28.2. The maximum atomic E-state index is 6.10. The quantitative estimate of drug-likeness (QED) is 0.188. The van der Waals surface area contributed by atoms with Crippen LogP contribution in [0.15, 0.2) is 174 Å². The van der Waals surface area contributed by atoms with Crippen molar-refractivity contribution >= 4 is 43.7 Å². The van der Waals surface area contributed by atoms with Crippen molar-refractivity contribution in [3.63, 3.8) is 0 Å². The van der Waals surface area contributed by atoms with E-state index in [-0.39, 0.29) is 0 Å². The summed E-state index contributed by atoms with van der Waals surface area (Å²) >= 11 is 0. The number of benzene rings is 7. The number of fused-ring (bicyclic) bond motifs is 6. The summed E-state index contributed by atoms with van der Waals surface area (Å²) in [7, 11) is 0. The van der Waals surface area contributed by atoms with Crippen molar-refractivity contribution in [2.24, 2.45) is 0 Å². The lowest BCUT2D eigenvalue weighted by atomic mass is 10.0. The highest BCUT2D eigenvalue weighted by Gasteiger charge is 2.16. The van der Waals surface area contributed by atoms with E-state index in [1.807, 2.05) is 72.8 Å². The second-order valence-electron chi connectivity index (χ2n) is 12.5. The van der Waals surface area contributed by atoms with Crippen LogP contribution in [0.5, 0.6) is 0 Å². The molecule has 0 aliphatic heterocycles. The molecule has 0 unspecified atom stereocenters. The molecular formula is C45H28N4O. The standard InChI is InChI=1S/C45H28N4O/c1-3-11-29(12-4-1)43-46-44(30-13-5-2-6-14-30)48-45(47-43)31-19-23-34(24-20-31)49-39-17-9-7-15-35(39)37-27-32(21-25-40(37)49)33-22-26-42-38(28-33)36-16-8-10-18-41(36)50-42/h1-28H. The molecule has 0 aliphatic carbocycles. The van der Waals surface area contributed by atoms with Crippen molar-refractivity contribution in [1.29, 1.82) is 0 Å². The molecule has 3 heterocycles. The smallest absolute Gasteiger partial charge is 0.164 e.